The Balaban J connectivity index is 2.05. The van der Waals surface area contributed by atoms with E-state index >= 15 is 0 Å². The molecule has 0 bridgehead atoms. The molecule has 0 aliphatic rings. The molecule has 0 aromatic heterocycles. The first kappa shape index (κ1) is 17.2. The Morgan fingerprint density at radius 1 is 1.00 bits per heavy atom. The molecule has 0 aliphatic carbocycles. The van der Waals surface area contributed by atoms with Crippen molar-refractivity contribution in [3.8, 4) is 11.5 Å². The van der Waals surface area contributed by atoms with Gasteiger partial charge in [0.15, 0.2) is 11.5 Å². The van der Waals surface area contributed by atoms with E-state index in [0.717, 1.165) is 11.3 Å². The van der Waals surface area contributed by atoms with Gasteiger partial charge in [0, 0.05) is 10.7 Å². The van der Waals surface area contributed by atoms with E-state index in [1.54, 1.807) is 24.3 Å². The highest BCUT2D eigenvalue weighted by atomic mass is 35.5. The van der Waals surface area contributed by atoms with E-state index in [2.05, 4.69) is 5.32 Å². The van der Waals surface area contributed by atoms with Crippen molar-refractivity contribution < 1.29 is 14.3 Å². The molecule has 0 aliphatic heterocycles. The average Bonchev–Trinajstić information content (AvgIpc) is 2.52. The third-order valence-electron chi connectivity index (χ3n) is 3.10. The van der Waals surface area contributed by atoms with Gasteiger partial charge in [-0.2, -0.15) is 0 Å². The normalized spacial score (nSPS) is 10.2. The fourth-order valence-electron chi connectivity index (χ4n) is 2.13. The fourth-order valence-corrected chi connectivity index (χ4v) is 2.26. The van der Waals surface area contributed by atoms with Crippen molar-refractivity contribution in [2.45, 2.75) is 20.3 Å². The molecular weight excluding hydrogens is 314 g/mol. The first-order valence-electron chi connectivity index (χ1n) is 7.56. The summed E-state index contributed by atoms with van der Waals surface area (Å²) in [6.07, 6.45) is 0.259. The number of carbonyl (C=O) groups is 1. The summed E-state index contributed by atoms with van der Waals surface area (Å²) in [6.45, 7) is 4.94. The van der Waals surface area contributed by atoms with Crippen LogP contribution in [-0.4, -0.2) is 19.1 Å². The van der Waals surface area contributed by atoms with Crippen molar-refractivity contribution in [3.05, 3.63) is 53.1 Å². The van der Waals surface area contributed by atoms with Gasteiger partial charge in [0.2, 0.25) is 5.91 Å². The van der Waals surface area contributed by atoms with Gasteiger partial charge in [0.25, 0.3) is 0 Å². The second-order valence-corrected chi connectivity index (χ2v) is 5.32. The minimum Gasteiger partial charge on any atom is -0.490 e. The van der Waals surface area contributed by atoms with E-state index in [0.29, 0.717) is 29.7 Å². The molecule has 2 rings (SSSR count). The van der Waals surface area contributed by atoms with E-state index in [-0.39, 0.29) is 12.3 Å². The van der Waals surface area contributed by atoms with Crippen molar-refractivity contribution in [3.63, 3.8) is 0 Å². The number of nitrogens with one attached hydrogen (secondary N) is 1. The lowest BCUT2D eigenvalue weighted by molar-refractivity contribution is -0.115. The maximum Gasteiger partial charge on any atom is 0.228 e. The summed E-state index contributed by atoms with van der Waals surface area (Å²) in [4.78, 5) is 12.1. The van der Waals surface area contributed by atoms with Crippen LogP contribution in [0.5, 0.6) is 11.5 Å². The summed E-state index contributed by atoms with van der Waals surface area (Å²) < 4.78 is 11.1. The second kappa shape index (κ2) is 8.44. The Morgan fingerprint density at radius 2 is 1.65 bits per heavy atom. The first-order chi connectivity index (χ1) is 11.1. The van der Waals surface area contributed by atoms with Gasteiger partial charge < -0.3 is 14.8 Å². The number of benzene rings is 2. The van der Waals surface area contributed by atoms with Gasteiger partial charge in [-0.25, -0.2) is 0 Å². The van der Waals surface area contributed by atoms with Gasteiger partial charge in [-0.05, 0) is 55.8 Å². The zero-order chi connectivity index (χ0) is 16.7. The lowest BCUT2D eigenvalue weighted by Crippen LogP contribution is -2.14. The van der Waals surface area contributed by atoms with Crippen LogP contribution in [0.3, 0.4) is 0 Å². The summed E-state index contributed by atoms with van der Waals surface area (Å²) in [5.41, 5.74) is 1.58. The van der Waals surface area contributed by atoms with Crippen LogP contribution in [0.2, 0.25) is 5.02 Å². The van der Waals surface area contributed by atoms with Crippen LogP contribution in [0, 0.1) is 0 Å². The first-order valence-corrected chi connectivity index (χ1v) is 7.94. The molecule has 2 aromatic carbocycles. The van der Waals surface area contributed by atoms with Crippen molar-refractivity contribution in [2.24, 2.45) is 0 Å². The molecule has 0 spiro atoms. The zero-order valence-electron chi connectivity index (χ0n) is 13.3. The van der Waals surface area contributed by atoms with Gasteiger partial charge in [-0.3, -0.25) is 4.79 Å². The maximum absolute atomic E-state index is 12.1. The Bertz CT molecular complexity index is 656. The van der Waals surface area contributed by atoms with E-state index in [9.17, 15) is 4.79 Å². The molecule has 2 aromatic rings. The molecule has 23 heavy (non-hydrogen) atoms. The van der Waals surface area contributed by atoms with Crippen LogP contribution in [0.15, 0.2) is 42.5 Å². The third kappa shape index (κ3) is 5.18. The van der Waals surface area contributed by atoms with Crippen molar-refractivity contribution in [1.82, 2.24) is 0 Å². The molecule has 1 N–H and O–H groups in total. The average molecular weight is 334 g/mol. The van der Waals surface area contributed by atoms with E-state index in [1.807, 2.05) is 32.0 Å². The number of ether oxygens (including phenoxy) is 2. The van der Waals surface area contributed by atoms with Gasteiger partial charge >= 0.3 is 0 Å². The van der Waals surface area contributed by atoms with Crippen LogP contribution in [0.25, 0.3) is 0 Å². The molecule has 0 fully saturated rings. The van der Waals surface area contributed by atoms with Crippen molar-refractivity contribution >= 4 is 23.2 Å². The predicted octanol–water partition coefficient (Wildman–Crippen LogP) is 4.32. The lowest BCUT2D eigenvalue weighted by atomic mass is 10.1. The molecule has 0 heterocycles. The van der Waals surface area contributed by atoms with Crippen LogP contribution < -0.4 is 14.8 Å². The molecular formula is C18H20ClNO3. The lowest BCUT2D eigenvalue weighted by Gasteiger charge is -2.12. The molecule has 0 unspecified atom stereocenters. The minimum atomic E-state index is -0.0982. The number of amides is 1. The Hall–Kier alpha value is -2.20. The minimum absolute atomic E-state index is 0.0982. The van der Waals surface area contributed by atoms with Crippen LogP contribution in [0.1, 0.15) is 19.4 Å². The Kier molecular flexibility index (Phi) is 6.29. The Morgan fingerprint density at radius 3 is 2.30 bits per heavy atom. The van der Waals surface area contributed by atoms with Crippen LogP contribution >= 0.6 is 11.6 Å². The van der Waals surface area contributed by atoms with Gasteiger partial charge in [-0.1, -0.05) is 17.7 Å². The molecule has 5 heteroatoms. The molecule has 0 radical (unpaired) electrons. The molecule has 0 saturated carbocycles. The number of hydrogen-bond donors (Lipinski definition) is 1. The largest absolute Gasteiger partial charge is 0.490 e. The smallest absolute Gasteiger partial charge is 0.228 e. The second-order valence-electron chi connectivity index (χ2n) is 4.88. The molecule has 1 amide bonds. The van der Waals surface area contributed by atoms with Crippen LogP contribution in [-0.2, 0) is 11.2 Å². The van der Waals surface area contributed by atoms with Gasteiger partial charge in [-0.15, -0.1) is 0 Å². The molecule has 0 atom stereocenters. The fraction of sp³-hybridized carbons (Fsp3) is 0.278. The molecule has 4 nitrogen and oxygen atoms in total. The predicted molar refractivity (Wildman–Crippen MR) is 92.6 cm³/mol. The standard InChI is InChI=1S/C18H20ClNO3/c1-3-22-16-10-5-13(11-17(16)23-4-2)12-18(21)20-15-8-6-14(19)7-9-15/h5-11H,3-4,12H2,1-2H3,(H,20,21). The summed E-state index contributed by atoms with van der Waals surface area (Å²) in [5.74, 6) is 1.25. The van der Waals surface area contributed by atoms with Crippen molar-refractivity contribution in [2.75, 3.05) is 18.5 Å². The zero-order valence-corrected chi connectivity index (χ0v) is 14.0. The van der Waals surface area contributed by atoms with E-state index in [1.165, 1.54) is 0 Å². The summed E-state index contributed by atoms with van der Waals surface area (Å²) in [5, 5.41) is 3.47. The quantitative estimate of drug-likeness (QED) is 0.821. The molecule has 0 saturated heterocycles. The summed E-state index contributed by atoms with van der Waals surface area (Å²) in [6, 6.07) is 12.6. The number of anilines is 1. The Labute approximate surface area is 141 Å². The highest BCUT2D eigenvalue weighted by Crippen LogP contribution is 2.28. The monoisotopic (exact) mass is 333 g/mol. The third-order valence-corrected chi connectivity index (χ3v) is 3.35. The number of carbonyl (C=O) groups excluding carboxylic acids is 1. The number of hydrogen-bond acceptors (Lipinski definition) is 3. The van der Waals surface area contributed by atoms with E-state index in [4.69, 9.17) is 21.1 Å². The van der Waals surface area contributed by atoms with Crippen molar-refractivity contribution in [1.29, 1.82) is 0 Å². The van der Waals surface area contributed by atoms with Gasteiger partial charge in [0.1, 0.15) is 0 Å². The summed E-state index contributed by atoms with van der Waals surface area (Å²) >= 11 is 5.83. The topological polar surface area (TPSA) is 47.6 Å². The van der Waals surface area contributed by atoms with Crippen LogP contribution in [0.4, 0.5) is 5.69 Å². The maximum atomic E-state index is 12.1. The highest BCUT2D eigenvalue weighted by Gasteiger charge is 2.09. The highest BCUT2D eigenvalue weighted by molar-refractivity contribution is 6.30. The number of halogens is 1. The summed E-state index contributed by atoms with van der Waals surface area (Å²) in [7, 11) is 0. The molecule has 122 valence electrons. The van der Waals surface area contributed by atoms with Gasteiger partial charge in [0.05, 0.1) is 19.6 Å². The SMILES string of the molecule is CCOc1ccc(CC(=O)Nc2ccc(Cl)cc2)cc1OCC. The van der Waals surface area contributed by atoms with E-state index < -0.39 is 0 Å². The number of rotatable bonds is 7.